The van der Waals surface area contributed by atoms with E-state index in [1.165, 1.54) is 12.1 Å². The molecule has 0 aromatic heterocycles. The van der Waals surface area contributed by atoms with E-state index >= 15 is 0 Å². The Morgan fingerprint density at radius 1 is 1.18 bits per heavy atom. The molecule has 0 bridgehead atoms. The van der Waals surface area contributed by atoms with Gasteiger partial charge in [-0.05, 0) is 31.0 Å². The van der Waals surface area contributed by atoms with Crippen LogP contribution in [0.15, 0.2) is 24.3 Å². The average molecular weight is 245 g/mol. The molecule has 1 atom stereocenters. The van der Waals surface area contributed by atoms with E-state index in [9.17, 15) is 13.2 Å². The van der Waals surface area contributed by atoms with E-state index < -0.39 is 11.7 Å². The maximum Gasteiger partial charge on any atom is 0.416 e. The van der Waals surface area contributed by atoms with Crippen LogP contribution >= 0.6 is 0 Å². The molecule has 1 N–H and O–H groups in total. The Labute approximate surface area is 100 Å². The van der Waals surface area contributed by atoms with Gasteiger partial charge in [0.15, 0.2) is 0 Å². The van der Waals surface area contributed by atoms with Crippen molar-refractivity contribution in [2.75, 3.05) is 0 Å². The molecule has 0 amide bonds. The van der Waals surface area contributed by atoms with E-state index in [1.807, 2.05) is 0 Å². The van der Waals surface area contributed by atoms with Crippen molar-refractivity contribution in [2.45, 2.75) is 45.5 Å². The topological polar surface area (TPSA) is 12.0 Å². The molecule has 0 saturated carbocycles. The van der Waals surface area contributed by atoms with Gasteiger partial charge in [-0.15, -0.1) is 0 Å². The highest BCUT2D eigenvalue weighted by molar-refractivity contribution is 5.24. The van der Waals surface area contributed by atoms with Crippen LogP contribution in [0, 0.1) is 0 Å². The summed E-state index contributed by atoms with van der Waals surface area (Å²) in [5, 5.41) is 3.28. The Morgan fingerprint density at radius 2 is 1.76 bits per heavy atom. The first kappa shape index (κ1) is 14.0. The summed E-state index contributed by atoms with van der Waals surface area (Å²) in [6.07, 6.45) is -2.08. The van der Waals surface area contributed by atoms with Crippen molar-refractivity contribution < 1.29 is 13.2 Å². The van der Waals surface area contributed by atoms with E-state index in [0.29, 0.717) is 12.6 Å². The fourth-order valence-corrected chi connectivity index (χ4v) is 1.64. The largest absolute Gasteiger partial charge is 0.416 e. The molecule has 4 heteroatoms. The number of nitrogens with one attached hydrogen (secondary N) is 1. The molecule has 1 aromatic carbocycles. The van der Waals surface area contributed by atoms with E-state index in [0.717, 1.165) is 30.5 Å². The lowest BCUT2D eigenvalue weighted by atomic mass is 10.1. The number of alkyl halides is 3. The van der Waals surface area contributed by atoms with Gasteiger partial charge >= 0.3 is 6.18 Å². The zero-order valence-corrected chi connectivity index (χ0v) is 10.1. The van der Waals surface area contributed by atoms with Crippen molar-refractivity contribution in [1.82, 2.24) is 5.32 Å². The highest BCUT2D eigenvalue weighted by Gasteiger charge is 2.29. The summed E-state index contributed by atoms with van der Waals surface area (Å²) in [7, 11) is 0. The van der Waals surface area contributed by atoms with E-state index in [1.54, 1.807) is 0 Å². The third-order valence-corrected chi connectivity index (χ3v) is 2.66. The monoisotopic (exact) mass is 245 g/mol. The zero-order valence-electron chi connectivity index (χ0n) is 10.1. The third kappa shape index (κ3) is 4.77. The smallest absolute Gasteiger partial charge is 0.310 e. The lowest BCUT2D eigenvalue weighted by Gasteiger charge is -2.13. The van der Waals surface area contributed by atoms with Crippen molar-refractivity contribution >= 4 is 0 Å². The van der Waals surface area contributed by atoms with Crippen LogP contribution in [-0.4, -0.2) is 6.04 Å². The van der Waals surface area contributed by atoms with Crippen LogP contribution in [0.25, 0.3) is 0 Å². The van der Waals surface area contributed by atoms with Crippen LogP contribution in [0.1, 0.15) is 37.8 Å². The molecule has 0 fully saturated rings. The summed E-state index contributed by atoms with van der Waals surface area (Å²) in [5.41, 5.74) is 0.281. The maximum absolute atomic E-state index is 12.3. The van der Waals surface area contributed by atoms with Crippen molar-refractivity contribution in [3.05, 3.63) is 35.4 Å². The van der Waals surface area contributed by atoms with E-state index in [4.69, 9.17) is 0 Å². The van der Waals surface area contributed by atoms with Crippen LogP contribution in [0.3, 0.4) is 0 Å². The Morgan fingerprint density at radius 3 is 2.24 bits per heavy atom. The van der Waals surface area contributed by atoms with Gasteiger partial charge in [-0.1, -0.05) is 25.5 Å². The molecule has 0 aliphatic carbocycles. The molecule has 96 valence electrons. The minimum absolute atomic E-state index is 0.391. The molecule has 0 radical (unpaired) electrons. The quantitative estimate of drug-likeness (QED) is 0.827. The summed E-state index contributed by atoms with van der Waals surface area (Å²) < 4.78 is 37.0. The lowest BCUT2D eigenvalue weighted by molar-refractivity contribution is -0.137. The van der Waals surface area contributed by atoms with Gasteiger partial charge in [0.25, 0.3) is 0 Å². The zero-order chi connectivity index (χ0) is 12.9. The molecule has 0 saturated heterocycles. The molecule has 0 aliphatic heterocycles. The number of benzene rings is 1. The number of rotatable bonds is 5. The predicted molar refractivity (Wildman–Crippen MR) is 62.7 cm³/mol. The van der Waals surface area contributed by atoms with Crippen LogP contribution in [0.5, 0.6) is 0 Å². The van der Waals surface area contributed by atoms with Crippen molar-refractivity contribution in [1.29, 1.82) is 0 Å². The molecule has 0 aliphatic rings. The molecule has 1 rings (SSSR count). The average Bonchev–Trinajstić information content (AvgIpc) is 2.26. The number of hydrogen-bond donors (Lipinski definition) is 1. The standard InChI is InChI=1S/C13H18F3N/c1-3-4-10(2)17-9-11-5-7-12(8-6-11)13(14,15)16/h5-8,10,17H,3-4,9H2,1-2H3. The Hall–Kier alpha value is -1.03. The Kier molecular flexibility index (Phi) is 5.00. The minimum atomic E-state index is -4.25. The second-order valence-corrected chi connectivity index (χ2v) is 4.27. The first-order valence-electron chi connectivity index (χ1n) is 5.83. The van der Waals surface area contributed by atoms with Crippen LogP contribution < -0.4 is 5.32 Å². The van der Waals surface area contributed by atoms with Gasteiger partial charge in [-0.25, -0.2) is 0 Å². The molecule has 0 spiro atoms. The molecule has 0 heterocycles. The second kappa shape index (κ2) is 6.05. The fraction of sp³-hybridized carbons (Fsp3) is 0.538. The lowest BCUT2D eigenvalue weighted by Crippen LogP contribution is -2.25. The van der Waals surface area contributed by atoms with Gasteiger partial charge in [0.2, 0.25) is 0 Å². The summed E-state index contributed by atoms with van der Waals surface area (Å²) in [5.74, 6) is 0. The van der Waals surface area contributed by atoms with Gasteiger partial charge in [0.1, 0.15) is 0 Å². The van der Waals surface area contributed by atoms with Crippen LogP contribution in [0.2, 0.25) is 0 Å². The second-order valence-electron chi connectivity index (χ2n) is 4.27. The highest BCUT2D eigenvalue weighted by Crippen LogP contribution is 2.29. The summed E-state index contributed by atoms with van der Waals surface area (Å²) >= 11 is 0. The summed E-state index contributed by atoms with van der Waals surface area (Å²) in [6.45, 7) is 4.79. The van der Waals surface area contributed by atoms with Crippen LogP contribution in [-0.2, 0) is 12.7 Å². The molecule has 1 aromatic rings. The third-order valence-electron chi connectivity index (χ3n) is 2.66. The van der Waals surface area contributed by atoms with E-state index in [-0.39, 0.29) is 0 Å². The van der Waals surface area contributed by atoms with Crippen LogP contribution in [0.4, 0.5) is 13.2 Å². The molecular weight excluding hydrogens is 227 g/mol. The number of hydrogen-bond acceptors (Lipinski definition) is 1. The highest BCUT2D eigenvalue weighted by atomic mass is 19.4. The SMILES string of the molecule is CCCC(C)NCc1ccc(C(F)(F)F)cc1. The first-order valence-corrected chi connectivity index (χ1v) is 5.83. The van der Waals surface area contributed by atoms with Gasteiger partial charge < -0.3 is 5.32 Å². The van der Waals surface area contributed by atoms with E-state index in [2.05, 4.69) is 19.2 Å². The summed E-state index contributed by atoms with van der Waals surface area (Å²) in [4.78, 5) is 0. The Balaban J connectivity index is 2.51. The molecule has 1 nitrogen and oxygen atoms in total. The van der Waals surface area contributed by atoms with Gasteiger partial charge in [-0.2, -0.15) is 13.2 Å². The van der Waals surface area contributed by atoms with Gasteiger partial charge in [0.05, 0.1) is 5.56 Å². The predicted octanol–water partition coefficient (Wildman–Crippen LogP) is 3.98. The fourth-order valence-electron chi connectivity index (χ4n) is 1.64. The first-order chi connectivity index (χ1) is 7.93. The molecular formula is C13H18F3N. The van der Waals surface area contributed by atoms with Gasteiger partial charge in [0, 0.05) is 12.6 Å². The maximum atomic E-state index is 12.3. The van der Waals surface area contributed by atoms with Crippen molar-refractivity contribution in [3.8, 4) is 0 Å². The molecule has 17 heavy (non-hydrogen) atoms. The molecule has 1 unspecified atom stereocenters. The van der Waals surface area contributed by atoms with Crippen molar-refractivity contribution in [3.63, 3.8) is 0 Å². The van der Waals surface area contributed by atoms with Crippen molar-refractivity contribution in [2.24, 2.45) is 0 Å². The Bertz CT molecular complexity index is 330. The summed E-state index contributed by atoms with van der Waals surface area (Å²) in [6, 6.07) is 5.69. The van der Waals surface area contributed by atoms with Gasteiger partial charge in [-0.3, -0.25) is 0 Å². The number of halogens is 3. The minimum Gasteiger partial charge on any atom is -0.310 e. The normalized spacial score (nSPS) is 13.7.